The Morgan fingerprint density at radius 3 is 2.29 bits per heavy atom. The van der Waals surface area contributed by atoms with Crippen LogP contribution in [-0.4, -0.2) is 13.0 Å². The lowest BCUT2D eigenvalue weighted by Gasteiger charge is -2.19. The van der Waals surface area contributed by atoms with Gasteiger partial charge in [-0.1, -0.05) is 6.07 Å². The average Bonchev–Trinajstić information content (AvgIpc) is 2.53. The molecule has 0 radical (unpaired) electrons. The maximum atomic E-state index is 12.5. The average molecular weight is 275 g/mol. The molecule has 0 atom stereocenters. The number of anilines is 1. The minimum atomic E-state index is -0.221. The third-order valence-corrected chi connectivity index (χ3v) is 3.20. The predicted octanol–water partition coefficient (Wildman–Crippen LogP) is 3.01. The smallest absolute Gasteiger partial charge is 0.258 e. The summed E-state index contributed by atoms with van der Waals surface area (Å²) in [5.41, 5.74) is 2.98. The summed E-state index contributed by atoms with van der Waals surface area (Å²) in [6.07, 6.45) is 0. The number of amides is 1. The van der Waals surface area contributed by atoms with Gasteiger partial charge in [0.2, 0.25) is 0 Å². The van der Waals surface area contributed by atoms with E-state index in [2.05, 4.69) is 6.07 Å². The highest BCUT2D eigenvalue weighted by molar-refractivity contribution is 6.06. The zero-order valence-corrected chi connectivity index (χ0v) is 11.8. The second-order valence-corrected chi connectivity index (χ2v) is 4.69. The molecular weight excluding hydrogens is 262 g/mol. The van der Waals surface area contributed by atoms with Crippen molar-refractivity contribution in [2.45, 2.75) is 6.92 Å². The lowest BCUT2D eigenvalue weighted by atomic mass is 10.1. The summed E-state index contributed by atoms with van der Waals surface area (Å²) in [4.78, 5) is 13.9. The van der Waals surface area contributed by atoms with Crippen LogP contribution in [-0.2, 0) is 0 Å². The Labute approximate surface area is 123 Å². The molecule has 0 saturated heterocycles. The van der Waals surface area contributed by atoms with Crippen LogP contribution in [0.1, 0.15) is 27.0 Å². The van der Waals surface area contributed by atoms with E-state index < -0.39 is 0 Å². The largest absolute Gasteiger partial charge is 0.310 e. The quantitative estimate of drug-likeness (QED) is 0.846. The normalized spacial score (nSPS) is 9.52. The van der Waals surface area contributed by atoms with E-state index in [0.717, 1.165) is 5.56 Å². The lowest BCUT2D eigenvalue weighted by molar-refractivity contribution is 0.0993. The number of carbonyl (C=O) groups excluding carboxylic acids is 1. The number of benzene rings is 2. The van der Waals surface area contributed by atoms with Crippen LogP contribution in [0.15, 0.2) is 42.5 Å². The van der Waals surface area contributed by atoms with Crippen LogP contribution in [0.2, 0.25) is 0 Å². The molecule has 0 bridgehead atoms. The fourth-order valence-corrected chi connectivity index (χ4v) is 2.00. The number of rotatable bonds is 2. The Bertz CT molecular complexity index is 764. The number of hydrogen-bond donors (Lipinski definition) is 0. The first-order valence-corrected chi connectivity index (χ1v) is 6.36. The summed E-state index contributed by atoms with van der Waals surface area (Å²) in [5.74, 6) is -0.221. The standard InChI is InChI=1S/C17H13N3O/c1-12-3-6-15(11-19)16(9-12)20(2)17(21)14-7-4-13(10-18)5-8-14/h3-9H,1-2H3. The van der Waals surface area contributed by atoms with E-state index in [9.17, 15) is 4.79 Å². The second kappa shape index (κ2) is 5.90. The predicted molar refractivity (Wildman–Crippen MR) is 79.8 cm³/mol. The van der Waals surface area contributed by atoms with E-state index in [1.165, 1.54) is 4.90 Å². The van der Waals surface area contributed by atoms with E-state index >= 15 is 0 Å². The van der Waals surface area contributed by atoms with E-state index in [1.54, 1.807) is 43.4 Å². The Hall–Kier alpha value is -3.11. The van der Waals surface area contributed by atoms with Crippen molar-refractivity contribution < 1.29 is 4.79 Å². The third kappa shape index (κ3) is 2.91. The summed E-state index contributed by atoms with van der Waals surface area (Å²) in [6.45, 7) is 1.91. The second-order valence-electron chi connectivity index (χ2n) is 4.69. The molecule has 2 rings (SSSR count). The summed E-state index contributed by atoms with van der Waals surface area (Å²) < 4.78 is 0. The number of nitriles is 2. The van der Waals surface area contributed by atoms with Crippen LogP contribution in [0, 0.1) is 29.6 Å². The minimum Gasteiger partial charge on any atom is -0.310 e. The number of aryl methyl sites for hydroxylation is 1. The zero-order chi connectivity index (χ0) is 15.4. The first kappa shape index (κ1) is 14.3. The van der Waals surface area contributed by atoms with E-state index in [-0.39, 0.29) is 5.91 Å². The van der Waals surface area contributed by atoms with Gasteiger partial charge in [-0.05, 0) is 48.9 Å². The Morgan fingerprint density at radius 2 is 1.71 bits per heavy atom. The number of carbonyl (C=O) groups is 1. The van der Waals surface area contributed by atoms with Gasteiger partial charge in [-0.25, -0.2) is 0 Å². The monoisotopic (exact) mass is 275 g/mol. The van der Waals surface area contributed by atoms with Crippen molar-refractivity contribution in [1.82, 2.24) is 0 Å². The van der Waals surface area contributed by atoms with Crippen LogP contribution in [0.5, 0.6) is 0 Å². The van der Waals surface area contributed by atoms with Crippen LogP contribution in [0.4, 0.5) is 5.69 Å². The molecular formula is C17H13N3O. The number of hydrogen-bond acceptors (Lipinski definition) is 3. The summed E-state index contributed by atoms with van der Waals surface area (Å²) in [5, 5.41) is 17.9. The number of nitrogens with zero attached hydrogens (tertiary/aromatic N) is 3. The highest BCUT2D eigenvalue weighted by atomic mass is 16.2. The molecule has 21 heavy (non-hydrogen) atoms. The van der Waals surface area contributed by atoms with Crippen molar-refractivity contribution in [3.05, 3.63) is 64.7 Å². The summed E-state index contributed by atoms with van der Waals surface area (Å²) >= 11 is 0. The molecule has 1 amide bonds. The molecule has 102 valence electrons. The summed E-state index contributed by atoms with van der Waals surface area (Å²) in [7, 11) is 1.64. The van der Waals surface area contributed by atoms with Gasteiger partial charge < -0.3 is 4.90 Å². The van der Waals surface area contributed by atoms with Crippen LogP contribution < -0.4 is 4.90 Å². The molecule has 2 aromatic rings. The van der Waals surface area contributed by atoms with Gasteiger partial charge in [0.15, 0.2) is 0 Å². The zero-order valence-electron chi connectivity index (χ0n) is 11.8. The maximum Gasteiger partial charge on any atom is 0.258 e. The molecule has 0 spiro atoms. The van der Waals surface area contributed by atoms with Crippen molar-refractivity contribution in [2.75, 3.05) is 11.9 Å². The highest BCUT2D eigenvalue weighted by Crippen LogP contribution is 2.22. The molecule has 0 aliphatic rings. The van der Waals surface area contributed by atoms with Gasteiger partial charge in [-0.3, -0.25) is 4.79 Å². The van der Waals surface area contributed by atoms with Crippen molar-refractivity contribution in [3.63, 3.8) is 0 Å². The van der Waals surface area contributed by atoms with Gasteiger partial charge in [0.05, 0.1) is 22.9 Å². The fourth-order valence-electron chi connectivity index (χ4n) is 2.00. The van der Waals surface area contributed by atoms with Gasteiger partial charge in [-0.2, -0.15) is 10.5 Å². The summed E-state index contributed by atoms with van der Waals surface area (Å²) in [6, 6.07) is 15.9. The topological polar surface area (TPSA) is 67.9 Å². The molecule has 4 heteroatoms. The van der Waals surface area contributed by atoms with E-state index in [1.807, 2.05) is 19.1 Å². The molecule has 0 aliphatic carbocycles. The van der Waals surface area contributed by atoms with Crippen molar-refractivity contribution >= 4 is 11.6 Å². The maximum absolute atomic E-state index is 12.5. The first-order valence-electron chi connectivity index (χ1n) is 6.36. The SMILES string of the molecule is Cc1ccc(C#N)c(N(C)C(=O)c2ccc(C#N)cc2)c1. The van der Waals surface area contributed by atoms with Gasteiger partial charge in [0.25, 0.3) is 5.91 Å². The molecule has 0 aromatic heterocycles. The Morgan fingerprint density at radius 1 is 1.05 bits per heavy atom. The molecule has 0 saturated carbocycles. The Balaban J connectivity index is 2.37. The molecule has 0 unspecified atom stereocenters. The molecule has 0 heterocycles. The Kier molecular flexibility index (Phi) is 4.02. The molecule has 0 fully saturated rings. The van der Waals surface area contributed by atoms with Crippen molar-refractivity contribution in [2.24, 2.45) is 0 Å². The minimum absolute atomic E-state index is 0.221. The van der Waals surface area contributed by atoms with Crippen LogP contribution in [0.25, 0.3) is 0 Å². The molecule has 4 nitrogen and oxygen atoms in total. The van der Waals surface area contributed by atoms with E-state index in [0.29, 0.717) is 22.4 Å². The van der Waals surface area contributed by atoms with Gasteiger partial charge in [0, 0.05) is 12.6 Å². The first-order chi connectivity index (χ1) is 10.1. The fraction of sp³-hybridized carbons (Fsp3) is 0.118. The van der Waals surface area contributed by atoms with Gasteiger partial charge in [-0.15, -0.1) is 0 Å². The third-order valence-electron chi connectivity index (χ3n) is 3.20. The molecule has 0 aliphatic heterocycles. The lowest BCUT2D eigenvalue weighted by Crippen LogP contribution is -2.27. The van der Waals surface area contributed by atoms with Crippen molar-refractivity contribution in [3.8, 4) is 12.1 Å². The molecule has 0 N–H and O–H groups in total. The highest BCUT2D eigenvalue weighted by Gasteiger charge is 2.16. The van der Waals surface area contributed by atoms with Crippen LogP contribution in [0.3, 0.4) is 0 Å². The van der Waals surface area contributed by atoms with Crippen LogP contribution >= 0.6 is 0 Å². The van der Waals surface area contributed by atoms with Gasteiger partial charge >= 0.3 is 0 Å². The molecule has 2 aromatic carbocycles. The van der Waals surface area contributed by atoms with E-state index in [4.69, 9.17) is 10.5 Å². The van der Waals surface area contributed by atoms with Gasteiger partial charge in [0.1, 0.15) is 6.07 Å². The van der Waals surface area contributed by atoms with Crippen molar-refractivity contribution in [1.29, 1.82) is 10.5 Å².